The van der Waals surface area contributed by atoms with Crippen molar-refractivity contribution in [3.8, 4) is 0 Å². The number of fused-ring (bicyclic) bond motifs is 3. The fourth-order valence-corrected chi connectivity index (χ4v) is 4.29. The summed E-state index contributed by atoms with van der Waals surface area (Å²) in [5, 5.41) is 11.4. The summed E-state index contributed by atoms with van der Waals surface area (Å²) in [6, 6.07) is 0. The Morgan fingerprint density at radius 3 is 1.89 bits per heavy atom. The van der Waals surface area contributed by atoms with Crippen molar-refractivity contribution in [2.24, 2.45) is 23.7 Å². The molecule has 0 spiro atoms. The molecule has 0 N–H and O–H groups in total. The van der Waals surface area contributed by atoms with Crippen molar-refractivity contribution in [1.82, 2.24) is 4.90 Å². The van der Waals surface area contributed by atoms with Gasteiger partial charge in [-0.1, -0.05) is 0 Å². The predicted molar refractivity (Wildman–Crippen MR) is 63.2 cm³/mol. The highest BCUT2D eigenvalue weighted by atomic mass is 16.4. The highest BCUT2D eigenvalue weighted by Crippen LogP contribution is 2.49. The van der Waals surface area contributed by atoms with E-state index in [-0.39, 0.29) is 23.7 Å². The van der Waals surface area contributed by atoms with Gasteiger partial charge in [0.2, 0.25) is 5.91 Å². The highest BCUT2D eigenvalue weighted by molar-refractivity contribution is 5.85. The first kappa shape index (κ1) is 12.0. The Labute approximate surface area is 107 Å². The van der Waals surface area contributed by atoms with Crippen LogP contribution in [0.1, 0.15) is 38.5 Å². The molecule has 0 unspecified atom stereocenters. The molecular formula is C14H20NO3-. The van der Waals surface area contributed by atoms with Crippen LogP contribution in [-0.2, 0) is 9.59 Å². The summed E-state index contributed by atoms with van der Waals surface area (Å²) < 4.78 is 0. The zero-order chi connectivity index (χ0) is 12.7. The van der Waals surface area contributed by atoms with Crippen molar-refractivity contribution < 1.29 is 14.7 Å². The number of rotatable bonds is 2. The average molecular weight is 250 g/mol. The normalized spacial score (nSPS) is 39.0. The molecule has 0 aromatic carbocycles. The lowest BCUT2D eigenvalue weighted by Crippen LogP contribution is -2.54. The standard InChI is InChI=1S/C14H21NO3/c16-13(15-7-1-2-8-15)11-9-3-5-10(6-4-9)12(11)14(17)18/h9-12H,1-8H2,(H,17,18)/p-1/t9?,10?,11-,12+/m1/s1. The maximum absolute atomic E-state index is 12.5. The first-order valence-corrected chi connectivity index (χ1v) is 7.18. The van der Waals surface area contributed by atoms with Gasteiger partial charge in [-0.15, -0.1) is 0 Å². The molecular weight excluding hydrogens is 230 g/mol. The minimum Gasteiger partial charge on any atom is -0.550 e. The van der Waals surface area contributed by atoms with E-state index in [4.69, 9.17) is 0 Å². The molecule has 18 heavy (non-hydrogen) atoms. The SMILES string of the molecule is O=C([O-])[C@H]1C2CCC(CC2)[C@H]1C(=O)N1CCCC1. The Balaban J connectivity index is 1.83. The van der Waals surface area contributed by atoms with Gasteiger partial charge in [-0.25, -0.2) is 0 Å². The van der Waals surface area contributed by atoms with Crippen LogP contribution in [0.4, 0.5) is 0 Å². The Bertz CT molecular complexity index is 354. The van der Waals surface area contributed by atoms with Crippen molar-refractivity contribution in [2.75, 3.05) is 13.1 Å². The van der Waals surface area contributed by atoms with Crippen LogP contribution in [0.15, 0.2) is 0 Å². The number of hydrogen-bond acceptors (Lipinski definition) is 3. The van der Waals surface area contributed by atoms with E-state index in [1.54, 1.807) is 0 Å². The Hall–Kier alpha value is -1.06. The first-order valence-electron chi connectivity index (χ1n) is 7.18. The molecule has 4 aliphatic rings. The van der Waals surface area contributed by atoms with Crippen LogP contribution in [0.25, 0.3) is 0 Å². The lowest BCUT2D eigenvalue weighted by molar-refractivity contribution is -0.318. The number of amides is 1. The third-order valence-corrected chi connectivity index (χ3v) is 5.19. The van der Waals surface area contributed by atoms with Gasteiger partial charge < -0.3 is 14.8 Å². The Morgan fingerprint density at radius 2 is 1.39 bits per heavy atom. The zero-order valence-corrected chi connectivity index (χ0v) is 10.6. The number of carbonyl (C=O) groups excluding carboxylic acids is 2. The molecule has 1 amide bonds. The van der Waals surface area contributed by atoms with Crippen LogP contribution < -0.4 is 5.11 Å². The molecule has 2 atom stereocenters. The zero-order valence-electron chi connectivity index (χ0n) is 10.6. The smallest absolute Gasteiger partial charge is 0.226 e. The number of carboxylic acids is 1. The lowest BCUT2D eigenvalue weighted by Gasteiger charge is -2.49. The minimum absolute atomic E-state index is 0.0936. The van der Waals surface area contributed by atoms with Gasteiger partial charge in [0.1, 0.15) is 0 Å². The third kappa shape index (κ3) is 1.82. The van der Waals surface area contributed by atoms with Crippen molar-refractivity contribution in [3.63, 3.8) is 0 Å². The Kier molecular flexibility index (Phi) is 3.04. The number of nitrogens with zero attached hydrogens (tertiary/aromatic N) is 1. The van der Waals surface area contributed by atoms with E-state index >= 15 is 0 Å². The number of carboxylic acid groups (broad SMARTS) is 1. The summed E-state index contributed by atoms with van der Waals surface area (Å²) in [5.41, 5.74) is 0. The molecule has 4 fully saturated rings. The molecule has 4 rings (SSSR count). The molecule has 1 saturated heterocycles. The number of aliphatic carboxylic acids is 1. The van der Waals surface area contributed by atoms with Crippen LogP contribution in [-0.4, -0.2) is 29.9 Å². The van der Waals surface area contributed by atoms with Gasteiger partial charge in [-0.3, -0.25) is 4.79 Å². The Morgan fingerprint density at radius 1 is 0.889 bits per heavy atom. The van der Waals surface area contributed by atoms with Gasteiger partial charge in [-0.2, -0.15) is 0 Å². The van der Waals surface area contributed by atoms with Gasteiger partial charge in [0.15, 0.2) is 0 Å². The van der Waals surface area contributed by atoms with Gasteiger partial charge in [0.25, 0.3) is 0 Å². The van der Waals surface area contributed by atoms with Gasteiger partial charge in [0, 0.05) is 30.9 Å². The maximum atomic E-state index is 12.5. The van der Waals surface area contributed by atoms with E-state index in [1.165, 1.54) is 0 Å². The molecule has 1 aliphatic heterocycles. The van der Waals surface area contributed by atoms with Crippen LogP contribution in [0.2, 0.25) is 0 Å². The summed E-state index contributed by atoms with van der Waals surface area (Å²) in [6.07, 6.45) is 6.10. The molecule has 2 bridgehead atoms. The summed E-state index contributed by atoms with van der Waals surface area (Å²) in [4.78, 5) is 25.8. The van der Waals surface area contributed by atoms with E-state index < -0.39 is 11.9 Å². The van der Waals surface area contributed by atoms with Crippen molar-refractivity contribution in [3.05, 3.63) is 0 Å². The van der Waals surface area contributed by atoms with E-state index in [2.05, 4.69) is 0 Å². The molecule has 4 heteroatoms. The summed E-state index contributed by atoms with van der Waals surface area (Å²) in [7, 11) is 0. The third-order valence-electron chi connectivity index (χ3n) is 5.19. The summed E-state index contributed by atoms with van der Waals surface area (Å²) >= 11 is 0. The largest absolute Gasteiger partial charge is 0.550 e. The molecule has 0 aromatic heterocycles. The molecule has 3 aliphatic carbocycles. The van der Waals surface area contributed by atoms with Crippen molar-refractivity contribution in [2.45, 2.75) is 38.5 Å². The molecule has 100 valence electrons. The van der Waals surface area contributed by atoms with Gasteiger partial charge >= 0.3 is 0 Å². The van der Waals surface area contributed by atoms with Gasteiger partial charge in [-0.05, 0) is 50.4 Å². The van der Waals surface area contributed by atoms with E-state index in [1.807, 2.05) is 4.90 Å². The lowest BCUT2D eigenvalue weighted by atomic mass is 9.58. The van der Waals surface area contributed by atoms with Gasteiger partial charge in [0.05, 0.1) is 0 Å². The molecule has 4 nitrogen and oxygen atoms in total. The highest BCUT2D eigenvalue weighted by Gasteiger charge is 2.48. The van der Waals surface area contributed by atoms with Crippen LogP contribution >= 0.6 is 0 Å². The maximum Gasteiger partial charge on any atom is 0.226 e. The molecule has 0 radical (unpaired) electrons. The second kappa shape index (κ2) is 4.56. The summed E-state index contributed by atoms with van der Waals surface area (Å²) in [5.74, 6) is -1.26. The van der Waals surface area contributed by atoms with Crippen LogP contribution in [0, 0.1) is 23.7 Å². The monoisotopic (exact) mass is 250 g/mol. The first-order chi connectivity index (χ1) is 8.68. The second-order valence-corrected chi connectivity index (χ2v) is 6.08. The van der Waals surface area contributed by atoms with E-state index in [9.17, 15) is 14.7 Å². The fraction of sp³-hybridized carbons (Fsp3) is 0.857. The van der Waals surface area contributed by atoms with Crippen molar-refractivity contribution >= 4 is 11.9 Å². The second-order valence-electron chi connectivity index (χ2n) is 6.08. The predicted octanol–water partition coefficient (Wildman–Crippen LogP) is 0.411. The summed E-state index contributed by atoms with van der Waals surface area (Å²) in [6.45, 7) is 1.62. The van der Waals surface area contributed by atoms with Crippen LogP contribution in [0.5, 0.6) is 0 Å². The topological polar surface area (TPSA) is 60.4 Å². The molecule has 0 aromatic rings. The number of carbonyl (C=O) groups is 2. The number of likely N-dealkylation sites (tertiary alicyclic amines) is 1. The van der Waals surface area contributed by atoms with Crippen molar-refractivity contribution in [1.29, 1.82) is 0 Å². The average Bonchev–Trinajstić information content (AvgIpc) is 2.92. The van der Waals surface area contributed by atoms with E-state index in [0.29, 0.717) is 0 Å². The molecule has 1 heterocycles. The van der Waals surface area contributed by atoms with Crippen LogP contribution in [0.3, 0.4) is 0 Å². The number of hydrogen-bond donors (Lipinski definition) is 0. The quantitative estimate of drug-likeness (QED) is 0.713. The van der Waals surface area contributed by atoms with E-state index in [0.717, 1.165) is 51.6 Å². The fourth-order valence-electron chi connectivity index (χ4n) is 4.29. The minimum atomic E-state index is -0.998. The molecule has 3 saturated carbocycles.